The Morgan fingerprint density at radius 1 is 0.875 bits per heavy atom. The summed E-state index contributed by atoms with van der Waals surface area (Å²) in [6, 6.07) is 21.6. The van der Waals surface area contributed by atoms with Crippen molar-refractivity contribution in [2.45, 2.75) is 32.2 Å². The smallest absolute Gasteiger partial charge is 0.261 e. The SMILES string of the molecule is CC(C)(C)[Si](OCC/C=C\CBr)(c1ccccc1)c1ccccc1. The van der Waals surface area contributed by atoms with Crippen LogP contribution in [0.2, 0.25) is 5.04 Å². The van der Waals surface area contributed by atoms with Gasteiger partial charge in [-0.1, -0.05) is 110 Å². The van der Waals surface area contributed by atoms with Gasteiger partial charge in [0.2, 0.25) is 0 Å². The van der Waals surface area contributed by atoms with E-state index in [1.165, 1.54) is 10.4 Å². The van der Waals surface area contributed by atoms with Crippen molar-refractivity contribution in [1.82, 2.24) is 0 Å². The summed E-state index contributed by atoms with van der Waals surface area (Å²) in [4.78, 5) is 0. The summed E-state index contributed by atoms with van der Waals surface area (Å²) in [5, 5.41) is 3.63. The first-order chi connectivity index (χ1) is 11.5. The van der Waals surface area contributed by atoms with E-state index in [4.69, 9.17) is 4.43 Å². The largest absolute Gasteiger partial charge is 0.407 e. The lowest BCUT2D eigenvalue weighted by atomic mass is 10.2. The van der Waals surface area contributed by atoms with Crippen LogP contribution in [0.3, 0.4) is 0 Å². The number of allylic oxidation sites excluding steroid dienone is 1. The van der Waals surface area contributed by atoms with E-state index in [0.717, 1.165) is 18.4 Å². The first kappa shape index (κ1) is 19.2. The van der Waals surface area contributed by atoms with E-state index < -0.39 is 8.32 Å². The Balaban J connectivity index is 2.47. The molecule has 0 aliphatic rings. The van der Waals surface area contributed by atoms with Gasteiger partial charge in [0.15, 0.2) is 0 Å². The maximum Gasteiger partial charge on any atom is 0.261 e. The second kappa shape index (κ2) is 8.79. The van der Waals surface area contributed by atoms with E-state index in [0.29, 0.717) is 0 Å². The topological polar surface area (TPSA) is 9.23 Å². The van der Waals surface area contributed by atoms with Crippen molar-refractivity contribution >= 4 is 34.6 Å². The minimum absolute atomic E-state index is 0.0504. The average molecular weight is 403 g/mol. The average Bonchev–Trinajstić information content (AvgIpc) is 2.59. The molecule has 0 fully saturated rings. The van der Waals surface area contributed by atoms with Crippen LogP contribution < -0.4 is 10.4 Å². The molecule has 2 rings (SSSR count). The summed E-state index contributed by atoms with van der Waals surface area (Å²) < 4.78 is 6.79. The van der Waals surface area contributed by atoms with E-state index in [9.17, 15) is 0 Å². The molecule has 0 radical (unpaired) electrons. The molecule has 0 unspecified atom stereocenters. The first-order valence-corrected chi connectivity index (χ1v) is 11.5. The van der Waals surface area contributed by atoms with Crippen LogP contribution in [0.1, 0.15) is 27.2 Å². The van der Waals surface area contributed by atoms with Gasteiger partial charge in [-0.05, 0) is 21.8 Å². The second-order valence-electron chi connectivity index (χ2n) is 6.93. The molecule has 0 aromatic heterocycles. The zero-order valence-corrected chi connectivity index (χ0v) is 17.4. The van der Waals surface area contributed by atoms with Crippen LogP contribution in [0.5, 0.6) is 0 Å². The lowest BCUT2D eigenvalue weighted by Gasteiger charge is -2.43. The summed E-state index contributed by atoms with van der Waals surface area (Å²) in [5.74, 6) is 0. The van der Waals surface area contributed by atoms with Crippen molar-refractivity contribution in [3.63, 3.8) is 0 Å². The molecule has 0 saturated heterocycles. The summed E-state index contributed by atoms with van der Waals surface area (Å²) >= 11 is 3.43. The molecule has 0 amide bonds. The van der Waals surface area contributed by atoms with Gasteiger partial charge in [0.05, 0.1) is 0 Å². The third-order valence-electron chi connectivity index (χ3n) is 4.28. The molecule has 0 aliphatic heterocycles. The fourth-order valence-electron chi connectivity index (χ4n) is 3.22. The van der Waals surface area contributed by atoms with Crippen LogP contribution in [0.25, 0.3) is 0 Å². The van der Waals surface area contributed by atoms with E-state index >= 15 is 0 Å². The molecule has 0 heterocycles. The Morgan fingerprint density at radius 3 is 1.79 bits per heavy atom. The highest BCUT2D eigenvalue weighted by Crippen LogP contribution is 2.36. The molecule has 0 aliphatic carbocycles. The Labute approximate surface area is 156 Å². The lowest BCUT2D eigenvalue weighted by Crippen LogP contribution is -2.66. The molecular formula is C21H27BrOSi. The minimum Gasteiger partial charge on any atom is -0.407 e. The first-order valence-electron chi connectivity index (χ1n) is 8.48. The fourth-order valence-corrected chi connectivity index (χ4v) is 8.07. The van der Waals surface area contributed by atoms with Crippen LogP contribution in [0.15, 0.2) is 72.8 Å². The molecule has 2 aromatic rings. The third kappa shape index (κ3) is 4.27. The van der Waals surface area contributed by atoms with Gasteiger partial charge < -0.3 is 4.43 Å². The van der Waals surface area contributed by atoms with Gasteiger partial charge >= 0.3 is 0 Å². The summed E-state index contributed by atoms with van der Waals surface area (Å²) in [6.07, 6.45) is 5.26. The van der Waals surface area contributed by atoms with Gasteiger partial charge in [0.25, 0.3) is 8.32 Å². The number of rotatable bonds is 7. The standard InChI is InChI=1S/C21H27BrOSi/c1-21(2,3)24(19-13-7-4-8-14-19,20-15-9-5-10-16-20)23-18-12-6-11-17-22/h4-11,13-16H,12,17-18H2,1-3H3/b11-6-. The van der Waals surface area contributed by atoms with Crippen LogP contribution in [-0.2, 0) is 4.43 Å². The molecule has 0 spiro atoms. The Bertz CT molecular complexity index is 592. The Morgan fingerprint density at radius 2 is 1.38 bits per heavy atom. The molecule has 0 saturated carbocycles. The van der Waals surface area contributed by atoms with E-state index in [1.54, 1.807) is 0 Å². The predicted molar refractivity (Wildman–Crippen MR) is 111 cm³/mol. The molecule has 1 nitrogen and oxygen atoms in total. The number of hydrogen-bond acceptors (Lipinski definition) is 1. The van der Waals surface area contributed by atoms with Crippen LogP contribution in [0, 0.1) is 0 Å². The molecular weight excluding hydrogens is 376 g/mol. The number of halogens is 1. The zero-order chi connectivity index (χ0) is 17.5. The van der Waals surface area contributed by atoms with Crippen LogP contribution >= 0.6 is 15.9 Å². The van der Waals surface area contributed by atoms with Crippen LogP contribution in [-0.4, -0.2) is 20.3 Å². The van der Waals surface area contributed by atoms with Crippen molar-refractivity contribution in [3.05, 3.63) is 72.8 Å². The van der Waals surface area contributed by atoms with Gasteiger partial charge in [0.1, 0.15) is 0 Å². The molecule has 2 aromatic carbocycles. The van der Waals surface area contributed by atoms with Crippen LogP contribution in [0.4, 0.5) is 0 Å². The quantitative estimate of drug-likeness (QED) is 0.276. The molecule has 128 valence electrons. The molecule has 24 heavy (non-hydrogen) atoms. The highest BCUT2D eigenvalue weighted by molar-refractivity contribution is 9.09. The van der Waals surface area contributed by atoms with Gasteiger partial charge in [-0.2, -0.15) is 0 Å². The minimum atomic E-state index is -2.36. The lowest BCUT2D eigenvalue weighted by molar-refractivity contribution is 0.304. The fraction of sp³-hybridized carbons (Fsp3) is 0.333. The summed E-state index contributed by atoms with van der Waals surface area (Å²) in [5.41, 5.74) is 0. The third-order valence-corrected chi connectivity index (χ3v) is 9.69. The van der Waals surface area contributed by atoms with Crippen molar-refractivity contribution in [3.8, 4) is 0 Å². The number of hydrogen-bond donors (Lipinski definition) is 0. The highest BCUT2D eigenvalue weighted by atomic mass is 79.9. The highest BCUT2D eigenvalue weighted by Gasteiger charge is 2.49. The van der Waals surface area contributed by atoms with Gasteiger partial charge in [-0.15, -0.1) is 0 Å². The Hall–Kier alpha value is -1.16. The normalized spacial score (nSPS) is 12.7. The summed E-state index contributed by atoms with van der Waals surface area (Å²) in [7, 11) is -2.36. The summed E-state index contributed by atoms with van der Waals surface area (Å²) in [6.45, 7) is 7.69. The number of alkyl halides is 1. The predicted octanol–water partition coefficient (Wildman–Crippen LogP) is 4.90. The Kier molecular flexibility index (Phi) is 7.02. The van der Waals surface area contributed by atoms with E-state index in [2.05, 4.69) is 110 Å². The molecule has 0 atom stereocenters. The van der Waals surface area contributed by atoms with Crippen molar-refractivity contribution in [2.24, 2.45) is 0 Å². The van der Waals surface area contributed by atoms with Gasteiger partial charge in [-0.3, -0.25) is 0 Å². The maximum atomic E-state index is 6.79. The van der Waals surface area contributed by atoms with Gasteiger partial charge in [-0.25, -0.2) is 0 Å². The van der Waals surface area contributed by atoms with E-state index in [1.807, 2.05) is 0 Å². The van der Waals surface area contributed by atoms with Crippen molar-refractivity contribution in [2.75, 3.05) is 11.9 Å². The van der Waals surface area contributed by atoms with Crippen molar-refractivity contribution in [1.29, 1.82) is 0 Å². The maximum absolute atomic E-state index is 6.79. The zero-order valence-electron chi connectivity index (χ0n) is 14.8. The van der Waals surface area contributed by atoms with E-state index in [-0.39, 0.29) is 5.04 Å². The number of benzene rings is 2. The second-order valence-corrected chi connectivity index (χ2v) is 11.9. The monoisotopic (exact) mass is 402 g/mol. The molecule has 0 bridgehead atoms. The van der Waals surface area contributed by atoms with Gasteiger partial charge in [0, 0.05) is 11.9 Å². The molecule has 0 N–H and O–H groups in total. The molecule has 3 heteroatoms. The van der Waals surface area contributed by atoms with Crippen molar-refractivity contribution < 1.29 is 4.43 Å².